The molecule has 0 bridgehead atoms. The number of phosphoric ester groups is 2. The summed E-state index contributed by atoms with van der Waals surface area (Å²) in [4.78, 5) is 43.5. The summed E-state index contributed by atoms with van der Waals surface area (Å²) >= 11 is 0. The highest BCUT2D eigenvalue weighted by Gasteiger charge is 2.47. The van der Waals surface area contributed by atoms with Crippen molar-refractivity contribution in [1.82, 2.24) is 19.5 Å². The molecular formula is C16H27N8O13P3. The van der Waals surface area contributed by atoms with Gasteiger partial charge in [0.2, 0.25) is 0 Å². The number of aliphatic hydroxyl groups excluding tert-OH is 2. The molecule has 7 atom stereocenters. The van der Waals surface area contributed by atoms with Gasteiger partial charge in [-0.3, -0.25) is 13.6 Å². The molecule has 1 aliphatic rings. The molecule has 2 aromatic rings. The van der Waals surface area contributed by atoms with E-state index in [0.29, 0.717) is 19.3 Å². The largest absolute Gasteiger partial charge is 0.490 e. The molecule has 21 nitrogen and oxygen atoms in total. The third-order valence-corrected chi connectivity index (χ3v) is 9.57. The summed E-state index contributed by atoms with van der Waals surface area (Å²) in [6.07, 6.45) is -1.74. The van der Waals surface area contributed by atoms with Gasteiger partial charge in [0.25, 0.3) is 0 Å². The van der Waals surface area contributed by atoms with Gasteiger partial charge >= 0.3 is 23.5 Å². The minimum absolute atomic E-state index is 0.0439. The maximum Gasteiger partial charge on any atom is 0.490 e. The van der Waals surface area contributed by atoms with E-state index >= 15 is 0 Å². The topological polar surface area (TPSA) is 317 Å². The van der Waals surface area contributed by atoms with E-state index in [1.54, 1.807) is 0 Å². The van der Waals surface area contributed by atoms with E-state index in [0.717, 1.165) is 6.33 Å². The molecule has 24 heteroatoms. The molecule has 0 spiro atoms. The van der Waals surface area contributed by atoms with Crippen molar-refractivity contribution in [3.05, 3.63) is 23.1 Å². The fourth-order valence-corrected chi connectivity index (χ4v) is 7.05. The van der Waals surface area contributed by atoms with Crippen LogP contribution in [0.15, 0.2) is 17.8 Å². The van der Waals surface area contributed by atoms with Crippen molar-refractivity contribution in [3.63, 3.8) is 0 Å². The number of anilines is 1. The molecule has 0 saturated carbocycles. The number of nitrogen functional groups attached to an aromatic ring is 1. The van der Waals surface area contributed by atoms with Crippen molar-refractivity contribution in [2.24, 2.45) is 5.11 Å². The van der Waals surface area contributed by atoms with Crippen LogP contribution in [0.3, 0.4) is 0 Å². The number of phosphoric acid groups is 3. The summed E-state index contributed by atoms with van der Waals surface area (Å²) < 4.78 is 60.0. The van der Waals surface area contributed by atoms with Crippen LogP contribution in [0, 0.1) is 0 Å². The maximum absolute atomic E-state index is 12.2. The van der Waals surface area contributed by atoms with Crippen molar-refractivity contribution in [1.29, 1.82) is 0 Å². The number of azide groups is 1. The Morgan fingerprint density at radius 3 is 2.38 bits per heavy atom. The number of rotatable bonds is 16. The summed E-state index contributed by atoms with van der Waals surface area (Å²) in [5, 5.41) is 24.1. The molecule has 1 saturated heterocycles. The number of nitrogens with zero attached hydrogens (tertiary/aromatic N) is 7. The molecule has 0 aliphatic carbocycles. The number of aliphatic hydroxyl groups is 2. The molecule has 40 heavy (non-hydrogen) atoms. The molecule has 1 fully saturated rings. The Morgan fingerprint density at radius 1 is 1.00 bits per heavy atom. The fraction of sp³-hybridized carbons (Fsp3) is 0.688. The van der Waals surface area contributed by atoms with Crippen molar-refractivity contribution >= 4 is 40.4 Å². The van der Waals surface area contributed by atoms with Gasteiger partial charge < -0.3 is 35.4 Å². The Balaban J connectivity index is 1.50. The average Bonchev–Trinajstić information content (AvgIpc) is 3.40. The van der Waals surface area contributed by atoms with Gasteiger partial charge in [-0.15, -0.1) is 0 Å². The van der Waals surface area contributed by atoms with E-state index in [4.69, 9.17) is 16.0 Å². The molecule has 2 aromatic heterocycles. The van der Waals surface area contributed by atoms with Crippen LogP contribution in [0.25, 0.3) is 21.6 Å². The van der Waals surface area contributed by atoms with E-state index in [9.17, 15) is 38.6 Å². The number of aromatic nitrogens is 4. The summed E-state index contributed by atoms with van der Waals surface area (Å²) in [5.74, 6) is 0.0439. The van der Waals surface area contributed by atoms with E-state index in [-0.39, 0.29) is 36.6 Å². The second-order valence-electron chi connectivity index (χ2n) is 8.20. The molecule has 3 unspecified atom stereocenters. The van der Waals surface area contributed by atoms with E-state index < -0.39 is 54.6 Å². The number of fused-ring (bicyclic) bond motifs is 1. The fourth-order valence-electron chi connectivity index (χ4n) is 3.51. The molecule has 0 radical (unpaired) electrons. The van der Waals surface area contributed by atoms with Crippen molar-refractivity contribution < 1.29 is 61.0 Å². The van der Waals surface area contributed by atoms with Crippen LogP contribution < -0.4 is 5.73 Å². The number of imidazole rings is 1. The van der Waals surface area contributed by atoms with Gasteiger partial charge in [0.15, 0.2) is 17.7 Å². The summed E-state index contributed by atoms with van der Waals surface area (Å²) in [6.45, 7) is -1.03. The van der Waals surface area contributed by atoms with E-state index in [2.05, 4.69) is 42.6 Å². The predicted octanol–water partition coefficient (Wildman–Crippen LogP) is 1.27. The molecule has 3 rings (SSSR count). The maximum atomic E-state index is 12.2. The van der Waals surface area contributed by atoms with Crippen molar-refractivity contribution in [2.45, 2.75) is 50.2 Å². The van der Waals surface area contributed by atoms with Crippen molar-refractivity contribution in [3.8, 4) is 0 Å². The molecule has 0 aromatic carbocycles. The Bertz CT molecular complexity index is 1360. The van der Waals surface area contributed by atoms with Gasteiger partial charge in [-0.25, -0.2) is 28.6 Å². The highest BCUT2D eigenvalue weighted by molar-refractivity contribution is 7.66. The summed E-state index contributed by atoms with van der Waals surface area (Å²) in [5.41, 5.74) is 14.2. The lowest BCUT2D eigenvalue weighted by molar-refractivity contribution is -0.0503. The lowest BCUT2D eigenvalue weighted by atomic mass is 10.1. The first-order valence-electron chi connectivity index (χ1n) is 11.4. The van der Waals surface area contributed by atoms with Crippen LogP contribution in [-0.2, 0) is 36.1 Å². The Kier molecular flexibility index (Phi) is 11.2. The number of hydrogen-bond donors (Lipinski definition) is 6. The van der Waals surface area contributed by atoms with Gasteiger partial charge in [0, 0.05) is 11.5 Å². The lowest BCUT2D eigenvalue weighted by Crippen LogP contribution is -2.33. The molecule has 3 heterocycles. The first-order valence-corrected chi connectivity index (χ1v) is 15.9. The van der Waals surface area contributed by atoms with Gasteiger partial charge in [-0.2, -0.15) is 8.62 Å². The Hall–Kier alpha value is -2.05. The highest BCUT2D eigenvalue weighted by atomic mass is 31.3. The van der Waals surface area contributed by atoms with Crippen LogP contribution in [-0.4, -0.2) is 82.5 Å². The minimum Gasteiger partial charge on any atom is -0.387 e. The first-order chi connectivity index (χ1) is 18.8. The standard InChI is InChI=1S/C16H27N8O13P3/c17-14-11-15(20-8-19-14)24(9-21-11)16-13(26)12(25)10(35-16)7-34-39(29,30)37-40(31,32)36-38(27,28)33-6-4-2-1-3-5-22-23-18/h8-10,12-13,16,25-26H,1-7H2,(H,27,28)(H,29,30)(H,31,32)(H2,17,19,20)/t10-,12-,13-,16-/m1/s1. The molecule has 224 valence electrons. The zero-order chi connectivity index (χ0) is 29.6. The normalized spacial score (nSPS) is 25.6. The minimum atomic E-state index is -5.70. The van der Waals surface area contributed by atoms with Gasteiger partial charge in [0.1, 0.15) is 30.2 Å². The lowest BCUT2D eigenvalue weighted by Gasteiger charge is -2.20. The van der Waals surface area contributed by atoms with Gasteiger partial charge in [-0.05, 0) is 18.4 Å². The van der Waals surface area contributed by atoms with Gasteiger partial charge in [-0.1, -0.05) is 18.0 Å². The Labute approximate surface area is 225 Å². The van der Waals surface area contributed by atoms with Crippen LogP contribution in [0.4, 0.5) is 5.82 Å². The summed E-state index contributed by atoms with van der Waals surface area (Å²) in [6, 6.07) is 0. The second kappa shape index (κ2) is 13.7. The predicted molar refractivity (Wildman–Crippen MR) is 132 cm³/mol. The smallest absolute Gasteiger partial charge is 0.387 e. The summed E-state index contributed by atoms with van der Waals surface area (Å²) in [7, 11) is -16.4. The van der Waals surface area contributed by atoms with Gasteiger partial charge in [0.05, 0.1) is 19.5 Å². The monoisotopic (exact) mass is 632 g/mol. The van der Waals surface area contributed by atoms with Crippen LogP contribution in [0.5, 0.6) is 0 Å². The van der Waals surface area contributed by atoms with Crippen molar-refractivity contribution in [2.75, 3.05) is 25.5 Å². The third-order valence-electron chi connectivity index (χ3n) is 5.28. The SMILES string of the molecule is [N-]=[N+]=NCCCCCCOP(=O)(O)OP(=O)(O)OP(=O)(O)OC[C@H]1O[C@@H](n2cnc3c(N)ncnc32)[C@H](O)[C@@H]1O. The number of hydrogen-bond acceptors (Lipinski definition) is 15. The Morgan fingerprint density at radius 2 is 1.68 bits per heavy atom. The number of ether oxygens (including phenoxy) is 1. The highest BCUT2D eigenvalue weighted by Crippen LogP contribution is 2.67. The first kappa shape index (κ1) is 32.5. The van der Waals surface area contributed by atoms with Crippen LogP contribution >= 0.6 is 23.5 Å². The average molecular weight is 632 g/mol. The third kappa shape index (κ3) is 8.97. The molecule has 7 N–H and O–H groups in total. The zero-order valence-electron chi connectivity index (χ0n) is 20.5. The molecule has 0 amide bonds. The number of nitrogens with two attached hydrogens (primary N) is 1. The molecular weight excluding hydrogens is 605 g/mol. The molecule has 1 aliphatic heterocycles. The van der Waals surface area contributed by atoms with E-state index in [1.165, 1.54) is 10.9 Å². The quantitative estimate of drug-likeness (QED) is 0.0498. The zero-order valence-corrected chi connectivity index (χ0v) is 23.1. The van der Waals surface area contributed by atoms with Crippen LogP contribution in [0.2, 0.25) is 0 Å². The number of unbranched alkanes of at least 4 members (excludes halogenated alkanes) is 3. The van der Waals surface area contributed by atoms with E-state index in [1.807, 2.05) is 0 Å². The van der Waals surface area contributed by atoms with Crippen LogP contribution in [0.1, 0.15) is 31.9 Å². The second-order valence-corrected chi connectivity index (χ2v) is 12.8.